The number of nitrogens with one attached hydrogen (secondary N) is 1. The zero-order valence-corrected chi connectivity index (χ0v) is 14.4. The van der Waals surface area contributed by atoms with Gasteiger partial charge in [-0.3, -0.25) is 14.8 Å². The lowest BCUT2D eigenvalue weighted by Gasteiger charge is -2.10. The fourth-order valence-corrected chi connectivity index (χ4v) is 3.59. The summed E-state index contributed by atoms with van der Waals surface area (Å²) in [5.41, 5.74) is -0.464. The number of ether oxygens (including phenoxy) is 2. The van der Waals surface area contributed by atoms with Crippen molar-refractivity contribution in [3.63, 3.8) is 0 Å². The Hall–Kier alpha value is -2.66. The van der Waals surface area contributed by atoms with Crippen molar-refractivity contribution < 1.29 is 31.6 Å². The lowest BCUT2D eigenvalue weighted by molar-refractivity contribution is -0.385. The maximum absolute atomic E-state index is 13.0. The van der Waals surface area contributed by atoms with Gasteiger partial charge in [0.05, 0.1) is 20.5 Å². The molecule has 138 valence electrons. The highest BCUT2D eigenvalue weighted by Crippen LogP contribution is 2.42. The van der Waals surface area contributed by atoms with Crippen LogP contribution < -0.4 is 14.2 Å². The normalized spacial score (nSPS) is 14.9. The predicted octanol–water partition coefficient (Wildman–Crippen LogP) is 3.68. The van der Waals surface area contributed by atoms with Crippen molar-refractivity contribution in [1.29, 1.82) is 0 Å². The van der Waals surface area contributed by atoms with E-state index in [4.69, 9.17) is 11.6 Å². The van der Waals surface area contributed by atoms with Gasteiger partial charge in [-0.05, 0) is 25.1 Å². The molecule has 1 aliphatic heterocycles. The van der Waals surface area contributed by atoms with E-state index in [9.17, 15) is 27.3 Å². The third-order valence-electron chi connectivity index (χ3n) is 3.45. The Kier molecular flexibility index (Phi) is 4.15. The van der Waals surface area contributed by atoms with Gasteiger partial charge in [-0.15, -0.1) is 8.78 Å². The second kappa shape index (κ2) is 5.95. The number of sulfonamides is 1. The summed E-state index contributed by atoms with van der Waals surface area (Å²) in [7, 11) is -4.28. The standard InChI is InChI=1S/C14H9ClF2N2O6S/c1-7-10(15)5-9(6-11(7)19(20)21)26(22,23)18-8-2-3-12-13(4-8)25-14(16,17)24-12/h2-6,18H,1H3. The van der Waals surface area contributed by atoms with E-state index in [1.165, 1.54) is 13.0 Å². The van der Waals surface area contributed by atoms with E-state index < -0.39 is 31.8 Å². The first-order valence-corrected chi connectivity index (χ1v) is 8.72. The van der Waals surface area contributed by atoms with E-state index in [1.807, 2.05) is 0 Å². The van der Waals surface area contributed by atoms with Gasteiger partial charge in [0.1, 0.15) is 0 Å². The molecular weight excluding hydrogens is 398 g/mol. The molecule has 0 atom stereocenters. The Morgan fingerprint density at radius 2 is 1.85 bits per heavy atom. The zero-order valence-electron chi connectivity index (χ0n) is 12.8. The fourth-order valence-electron chi connectivity index (χ4n) is 2.21. The molecule has 3 rings (SSSR count). The molecule has 8 nitrogen and oxygen atoms in total. The molecule has 26 heavy (non-hydrogen) atoms. The Morgan fingerprint density at radius 3 is 2.50 bits per heavy atom. The molecular formula is C14H9ClF2N2O6S. The van der Waals surface area contributed by atoms with Crippen molar-refractivity contribution >= 4 is 33.0 Å². The Balaban J connectivity index is 1.95. The zero-order chi connectivity index (χ0) is 19.3. The molecule has 0 radical (unpaired) electrons. The first kappa shape index (κ1) is 18.1. The van der Waals surface area contributed by atoms with Crippen LogP contribution in [0.2, 0.25) is 5.02 Å². The van der Waals surface area contributed by atoms with Crippen molar-refractivity contribution in [3.05, 3.63) is 51.0 Å². The summed E-state index contributed by atoms with van der Waals surface area (Å²) in [6.45, 7) is 1.38. The van der Waals surface area contributed by atoms with Crippen LogP contribution in [0.3, 0.4) is 0 Å². The van der Waals surface area contributed by atoms with Crippen LogP contribution in [-0.4, -0.2) is 19.6 Å². The third kappa shape index (κ3) is 3.35. The van der Waals surface area contributed by atoms with Gasteiger partial charge in [0.15, 0.2) is 11.5 Å². The molecule has 0 saturated carbocycles. The number of hydrogen-bond donors (Lipinski definition) is 1. The van der Waals surface area contributed by atoms with Crippen LogP contribution in [0.15, 0.2) is 35.2 Å². The van der Waals surface area contributed by atoms with Crippen molar-refractivity contribution in [3.8, 4) is 11.5 Å². The van der Waals surface area contributed by atoms with Crippen LogP contribution in [-0.2, 0) is 10.0 Å². The van der Waals surface area contributed by atoms with Gasteiger partial charge in [0.25, 0.3) is 15.7 Å². The second-order valence-corrected chi connectivity index (χ2v) is 7.33. The lowest BCUT2D eigenvalue weighted by atomic mass is 10.2. The van der Waals surface area contributed by atoms with Crippen LogP contribution in [0.25, 0.3) is 0 Å². The summed E-state index contributed by atoms with van der Waals surface area (Å²) >= 11 is 5.86. The number of halogens is 3. The van der Waals surface area contributed by atoms with Gasteiger partial charge >= 0.3 is 6.29 Å². The van der Waals surface area contributed by atoms with Crippen molar-refractivity contribution in [2.24, 2.45) is 0 Å². The van der Waals surface area contributed by atoms with Gasteiger partial charge in [-0.1, -0.05) is 11.6 Å². The molecule has 2 aromatic carbocycles. The van der Waals surface area contributed by atoms with Crippen LogP contribution >= 0.6 is 11.6 Å². The Morgan fingerprint density at radius 1 is 1.19 bits per heavy atom. The van der Waals surface area contributed by atoms with Crippen LogP contribution in [0.1, 0.15) is 5.56 Å². The fraction of sp³-hybridized carbons (Fsp3) is 0.143. The summed E-state index contributed by atoms with van der Waals surface area (Å²) in [5.74, 6) is -0.616. The SMILES string of the molecule is Cc1c(Cl)cc(S(=O)(=O)Nc2ccc3c(c2)OC(F)(F)O3)cc1[N+](=O)[O-]. The van der Waals surface area contributed by atoms with E-state index in [1.54, 1.807) is 0 Å². The lowest BCUT2D eigenvalue weighted by Crippen LogP contribution is -2.25. The minimum absolute atomic E-state index is 0.107. The average Bonchev–Trinajstić information content (AvgIpc) is 2.82. The van der Waals surface area contributed by atoms with E-state index >= 15 is 0 Å². The molecule has 0 fully saturated rings. The second-order valence-electron chi connectivity index (χ2n) is 5.24. The highest BCUT2D eigenvalue weighted by Gasteiger charge is 2.43. The average molecular weight is 407 g/mol. The van der Waals surface area contributed by atoms with Gasteiger partial charge < -0.3 is 9.47 Å². The topological polar surface area (TPSA) is 108 Å². The summed E-state index contributed by atoms with van der Waals surface area (Å²) in [6, 6.07) is 5.17. The molecule has 1 aliphatic rings. The Bertz CT molecular complexity index is 1030. The minimum Gasteiger partial charge on any atom is -0.395 e. The number of nitrogens with zero attached hydrogens (tertiary/aromatic N) is 1. The molecule has 0 bridgehead atoms. The van der Waals surface area contributed by atoms with Crippen molar-refractivity contribution in [1.82, 2.24) is 0 Å². The maximum Gasteiger partial charge on any atom is 0.586 e. The largest absolute Gasteiger partial charge is 0.586 e. The van der Waals surface area contributed by atoms with Crippen LogP contribution in [0, 0.1) is 17.0 Å². The number of benzene rings is 2. The third-order valence-corrected chi connectivity index (χ3v) is 5.20. The molecule has 0 amide bonds. The summed E-state index contributed by atoms with van der Waals surface area (Å²) in [6.07, 6.45) is -3.84. The number of rotatable bonds is 4. The number of hydrogen-bond acceptors (Lipinski definition) is 6. The van der Waals surface area contributed by atoms with Crippen LogP contribution in [0.4, 0.5) is 20.2 Å². The van der Waals surface area contributed by atoms with E-state index in [-0.39, 0.29) is 27.8 Å². The molecule has 0 aliphatic carbocycles. The molecule has 0 spiro atoms. The predicted molar refractivity (Wildman–Crippen MR) is 86.3 cm³/mol. The molecule has 0 aromatic heterocycles. The number of alkyl halides is 2. The van der Waals surface area contributed by atoms with E-state index in [2.05, 4.69) is 14.2 Å². The number of fused-ring (bicyclic) bond motifs is 1. The monoisotopic (exact) mass is 406 g/mol. The smallest absolute Gasteiger partial charge is 0.395 e. The highest BCUT2D eigenvalue weighted by atomic mass is 35.5. The minimum atomic E-state index is -4.28. The molecule has 1 heterocycles. The first-order valence-electron chi connectivity index (χ1n) is 6.86. The van der Waals surface area contributed by atoms with Crippen molar-refractivity contribution in [2.75, 3.05) is 4.72 Å². The molecule has 12 heteroatoms. The quantitative estimate of drug-likeness (QED) is 0.613. The van der Waals surface area contributed by atoms with Gasteiger partial charge in [-0.25, -0.2) is 8.42 Å². The number of nitro groups is 1. The molecule has 1 N–H and O–H groups in total. The summed E-state index contributed by atoms with van der Waals surface area (Å²) in [5, 5.41) is 10.9. The Labute approximate surface area is 150 Å². The highest BCUT2D eigenvalue weighted by molar-refractivity contribution is 7.92. The summed E-state index contributed by atoms with van der Waals surface area (Å²) < 4.78 is 61.5. The van der Waals surface area contributed by atoms with Crippen LogP contribution in [0.5, 0.6) is 11.5 Å². The van der Waals surface area contributed by atoms with E-state index in [0.717, 1.165) is 24.3 Å². The van der Waals surface area contributed by atoms with E-state index in [0.29, 0.717) is 0 Å². The number of nitro benzene ring substituents is 1. The molecule has 2 aromatic rings. The van der Waals surface area contributed by atoms with Gasteiger partial charge in [0.2, 0.25) is 0 Å². The van der Waals surface area contributed by atoms with Gasteiger partial charge in [-0.2, -0.15) is 0 Å². The molecule has 0 unspecified atom stereocenters. The van der Waals surface area contributed by atoms with Gasteiger partial charge in [0, 0.05) is 17.7 Å². The number of anilines is 1. The molecule has 0 saturated heterocycles. The van der Waals surface area contributed by atoms with Crippen molar-refractivity contribution in [2.45, 2.75) is 18.1 Å². The first-order chi connectivity index (χ1) is 12.0. The summed E-state index contributed by atoms with van der Waals surface area (Å²) in [4.78, 5) is 9.81. The maximum atomic E-state index is 13.0.